The fraction of sp³-hybridized carbons (Fsp3) is 0.100. The van der Waals surface area contributed by atoms with Crippen molar-refractivity contribution in [2.24, 2.45) is 0 Å². The number of aromatic hydroxyl groups is 3. The molecule has 0 saturated carbocycles. The average molecular weight is 595 g/mol. The van der Waals surface area contributed by atoms with Crippen LogP contribution in [0.25, 0.3) is 27.6 Å². The fourth-order valence-electron chi connectivity index (χ4n) is 5.08. The standard InChI is InChI=1S/C20H16O2.C10H8O2.C10H10O/c1-20(15-5-3-2-4-6-15)12-11-18-17-9-8-16(21)13-14(17)7-10-19(18)22-20;11-9-3-1-7-5-10(12)4-2-8(7)6-9;1-3-10(2,11)9-7-5-4-6-8-9/h2-13,21H,1H3;1-6,11-12H;1,4-8,11H,2H3. The summed E-state index contributed by atoms with van der Waals surface area (Å²) in [5.74, 6) is 3.95. The van der Waals surface area contributed by atoms with E-state index in [0.29, 0.717) is 0 Å². The van der Waals surface area contributed by atoms with Crippen molar-refractivity contribution in [3.8, 4) is 35.3 Å². The van der Waals surface area contributed by atoms with E-state index in [1.54, 1.807) is 67.6 Å². The Morgan fingerprint density at radius 2 is 1.18 bits per heavy atom. The van der Waals surface area contributed by atoms with Crippen LogP contribution in [-0.4, -0.2) is 20.4 Å². The molecule has 6 aromatic rings. The molecule has 0 spiro atoms. The van der Waals surface area contributed by atoms with Crippen molar-refractivity contribution in [2.45, 2.75) is 25.0 Å². The van der Waals surface area contributed by atoms with Crippen molar-refractivity contribution < 1.29 is 25.2 Å². The van der Waals surface area contributed by atoms with E-state index in [2.05, 4.69) is 37.1 Å². The molecule has 0 radical (unpaired) electrons. The number of rotatable bonds is 2. The third kappa shape index (κ3) is 7.10. The first kappa shape index (κ1) is 30.7. The molecule has 5 nitrogen and oxygen atoms in total. The molecule has 1 aliphatic heterocycles. The number of aliphatic hydroxyl groups is 1. The zero-order valence-electron chi connectivity index (χ0n) is 25.1. The van der Waals surface area contributed by atoms with Gasteiger partial charge in [-0.2, -0.15) is 0 Å². The normalized spacial score (nSPS) is 16.0. The molecule has 45 heavy (non-hydrogen) atoms. The predicted molar refractivity (Wildman–Crippen MR) is 181 cm³/mol. The third-order valence-electron chi connectivity index (χ3n) is 7.67. The van der Waals surface area contributed by atoms with Crippen LogP contribution in [0.5, 0.6) is 23.0 Å². The molecule has 0 saturated heterocycles. The lowest BCUT2D eigenvalue weighted by Crippen LogP contribution is -2.29. The van der Waals surface area contributed by atoms with E-state index in [9.17, 15) is 10.2 Å². The van der Waals surface area contributed by atoms with Crippen molar-refractivity contribution in [1.82, 2.24) is 0 Å². The number of benzene rings is 6. The average Bonchev–Trinajstić information content (AvgIpc) is 3.06. The van der Waals surface area contributed by atoms with Crippen LogP contribution in [0, 0.1) is 12.3 Å². The van der Waals surface area contributed by atoms with E-state index in [1.807, 2.05) is 54.6 Å². The first-order valence-electron chi connectivity index (χ1n) is 14.4. The maximum Gasteiger partial charge on any atom is 0.150 e. The minimum absolute atomic E-state index is 0.244. The minimum Gasteiger partial charge on any atom is -0.508 e. The van der Waals surface area contributed by atoms with Crippen molar-refractivity contribution in [3.05, 3.63) is 150 Å². The lowest BCUT2D eigenvalue weighted by atomic mass is 9.91. The molecule has 4 N–H and O–H groups in total. The third-order valence-corrected chi connectivity index (χ3v) is 7.67. The van der Waals surface area contributed by atoms with Crippen molar-refractivity contribution in [1.29, 1.82) is 0 Å². The van der Waals surface area contributed by atoms with Gasteiger partial charge in [-0.3, -0.25) is 0 Å². The molecule has 0 fully saturated rings. The number of fused-ring (bicyclic) bond motifs is 4. The Bertz CT molecular complexity index is 1970. The number of terminal acetylenes is 1. The molecule has 7 rings (SSSR count). The van der Waals surface area contributed by atoms with Crippen LogP contribution in [0.2, 0.25) is 0 Å². The number of ether oxygens (including phenoxy) is 1. The fourth-order valence-corrected chi connectivity index (χ4v) is 5.08. The number of phenolic OH excluding ortho intramolecular Hbond substituents is 3. The van der Waals surface area contributed by atoms with Gasteiger partial charge < -0.3 is 25.2 Å². The predicted octanol–water partition coefficient (Wildman–Crippen LogP) is 8.64. The summed E-state index contributed by atoms with van der Waals surface area (Å²) < 4.78 is 6.29. The van der Waals surface area contributed by atoms with E-state index < -0.39 is 11.2 Å². The molecule has 6 aromatic carbocycles. The zero-order valence-corrected chi connectivity index (χ0v) is 25.1. The van der Waals surface area contributed by atoms with E-state index in [0.717, 1.165) is 44.0 Å². The van der Waals surface area contributed by atoms with Crippen LogP contribution in [0.1, 0.15) is 30.5 Å². The smallest absolute Gasteiger partial charge is 0.150 e. The van der Waals surface area contributed by atoms with Gasteiger partial charge in [-0.1, -0.05) is 90.9 Å². The number of phenols is 3. The molecule has 1 heterocycles. The van der Waals surface area contributed by atoms with E-state index in [-0.39, 0.29) is 17.2 Å². The number of hydrogen-bond donors (Lipinski definition) is 4. The van der Waals surface area contributed by atoms with Crippen LogP contribution < -0.4 is 4.74 Å². The van der Waals surface area contributed by atoms with Gasteiger partial charge in [0.2, 0.25) is 0 Å². The molecular weight excluding hydrogens is 560 g/mol. The van der Waals surface area contributed by atoms with Crippen LogP contribution in [0.3, 0.4) is 0 Å². The summed E-state index contributed by atoms with van der Waals surface area (Å²) in [7, 11) is 0. The lowest BCUT2D eigenvalue weighted by Gasteiger charge is -2.32. The second-order valence-corrected chi connectivity index (χ2v) is 11.1. The molecular formula is C40H34O5. The maximum atomic E-state index is 9.62. The summed E-state index contributed by atoms with van der Waals surface area (Å²) in [5.41, 5.74) is 1.34. The first-order chi connectivity index (χ1) is 21.6. The van der Waals surface area contributed by atoms with Gasteiger partial charge in [-0.05, 0) is 101 Å². The van der Waals surface area contributed by atoms with Gasteiger partial charge in [0.05, 0.1) is 0 Å². The Hall–Kier alpha value is -5.70. The Morgan fingerprint density at radius 1 is 0.667 bits per heavy atom. The van der Waals surface area contributed by atoms with Crippen LogP contribution >= 0.6 is 0 Å². The summed E-state index contributed by atoms with van der Waals surface area (Å²) in [4.78, 5) is 0. The summed E-state index contributed by atoms with van der Waals surface area (Å²) in [6.07, 6.45) is 9.35. The van der Waals surface area contributed by atoms with Gasteiger partial charge in [-0.15, -0.1) is 6.42 Å². The van der Waals surface area contributed by atoms with Crippen LogP contribution in [0.15, 0.2) is 133 Å². The summed E-state index contributed by atoms with van der Waals surface area (Å²) in [6.45, 7) is 3.67. The molecule has 2 unspecified atom stereocenters. The Balaban J connectivity index is 0.000000147. The monoisotopic (exact) mass is 594 g/mol. The van der Waals surface area contributed by atoms with Gasteiger partial charge >= 0.3 is 0 Å². The van der Waals surface area contributed by atoms with E-state index >= 15 is 0 Å². The first-order valence-corrected chi connectivity index (χ1v) is 14.4. The Kier molecular flexibility index (Phi) is 8.81. The molecule has 2 atom stereocenters. The minimum atomic E-state index is -1.14. The summed E-state index contributed by atoms with van der Waals surface area (Å²) >= 11 is 0. The SMILES string of the molecule is C#CC(C)(O)c1ccccc1.CC1(c2ccccc2)C=Cc2c(ccc3cc(O)ccc23)O1.Oc1ccc2cc(O)ccc2c1. The van der Waals surface area contributed by atoms with Crippen molar-refractivity contribution in [2.75, 3.05) is 0 Å². The van der Waals surface area contributed by atoms with Crippen LogP contribution in [0.4, 0.5) is 0 Å². The van der Waals surface area contributed by atoms with E-state index in [1.165, 1.54) is 0 Å². The molecule has 5 heteroatoms. The van der Waals surface area contributed by atoms with Crippen LogP contribution in [-0.2, 0) is 11.2 Å². The van der Waals surface area contributed by atoms with Gasteiger partial charge in [-0.25, -0.2) is 0 Å². The summed E-state index contributed by atoms with van der Waals surface area (Å²) in [6, 6.07) is 38.8. The number of hydrogen-bond acceptors (Lipinski definition) is 5. The highest BCUT2D eigenvalue weighted by molar-refractivity contribution is 5.94. The molecule has 0 aromatic heterocycles. The molecule has 1 aliphatic rings. The maximum absolute atomic E-state index is 9.62. The van der Waals surface area contributed by atoms with Gasteiger partial charge in [0, 0.05) is 5.56 Å². The van der Waals surface area contributed by atoms with Gasteiger partial charge in [0.1, 0.15) is 34.2 Å². The second kappa shape index (κ2) is 12.9. The largest absolute Gasteiger partial charge is 0.508 e. The van der Waals surface area contributed by atoms with Crippen molar-refractivity contribution in [3.63, 3.8) is 0 Å². The highest BCUT2D eigenvalue weighted by Gasteiger charge is 2.29. The molecule has 0 bridgehead atoms. The Labute approximate surface area is 262 Å². The van der Waals surface area contributed by atoms with Gasteiger partial charge in [0.15, 0.2) is 0 Å². The lowest BCUT2D eigenvalue weighted by molar-refractivity contribution is 0.122. The molecule has 0 aliphatic carbocycles. The molecule has 224 valence electrons. The quantitative estimate of drug-likeness (QED) is 0.151. The Morgan fingerprint density at radius 3 is 1.76 bits per heavy atom. The topological polar surface area (TPSA) is 90.2 Å². The highest BCUT2D eigenvalue weighted by Crippen LogP contribution is 2.40. The highest BCUT2D eigenvalue weighted by atomic mass is 16.5. The molecule has 0 amide bonds. The van der Waals surface area contributed by atoms with Gasteiger partial charge in [0.25, 0.3) is 0 Å². The zero-order chi connectivity index (χ0) is 32.0. The van der Waals surface area contributed by atoms with Crippen molar-refractivity contribution >= 4 is 27.6 Å². The second-order valence-electron chi connectivity index (χ2n) is 11.1. The van der Waals surface area contributed by atoms with E-state index in [4.69, 9.17) is 21.4 Å². The summed E-state index contributed by atoms with van der Waals surface area (Å²) in [5, 5.41) is 41.4.